The van der Waals surface area contributed by atoms with E-state index in [-0.39, 0.29) is 24.1 Å². The van der Waals surface area contributed by atoms with E-state index in [1.807, 2.05) is 30.3 Å². The van der Waals surface area contributed by atoms with Gasteiger partial charge in [-0.2, -0.15) is 5.10 Å². The molecule has 1 aromatic carbocycles. The Morgan fingerprint density at radius 1 is 1.26 bits per heavy atom. The molecule has 0 spiro atoms. The zero-order chi connectivity index (χ0) is 19.4. The number of halogens is 2. The predicted octanol–water partition coefficient (Wildman–Crippen LogP) is 2.97. The molecular weight excluding hydrogens is 352 g/mol. The molecule has 0 saturated carbocycles. The first-order valence-corrected chi connectivity index (χ1v) is 9.26. The van der Waals surface area contributed by atoms with Crippen molar-refractivity contribution >= 4 is 5.91 Å². The average Bonchev–Trinajstić information content (AvgIpc) is 3.03. The molecule has 0 aliphatic carbocycles. The molecule has 0 unspecified atom stereocenters. The average molecular weight is 377 g/mol. The van der Waals surface area contributed by atoms with Gasteiger partial charge in [-0.05, 0) is 43.7 Å². The number of piperidine rings is 1. The first kappa shape index (κ1) is 19.5. The van der Waals surface area contributed by atoms with Crippen molar-refractivity contribution < 1.29 is 18.7 Å². The van der Waals surface area contributed by atoms with Crippen molar-refractivity contribution in [2.24, 2.45) is 5.92 Å². The van der Waals surface area contributed by atoms with E-state index in [0.29, 0.717) is 25.2 Å². The summed E-state index contributed by atoms with van der Waals surface area (Å²) in [6.07, 6.45) is -0.976. The molecule has 1 aliphatic rings. The van der Waals surface area contributed by atoms with Crippen LogP contribution in [0.3, 0.4) is 0 Å². The number of carbonyl (C=O) groups is 1. The summed E-state index contributed by atoms with van der Waals surface area (Å²) in [5.74, 6) is 0.0316. The van der Waals surface area contributed by atoms with Gasteiger partial charge in [0, 0.05) is 18.8 Å². The normalized spacial score (nSPS) is 16.7. The fourth-order valence-electron chi connectivity index (χ4n) is 3.59. The summed E-state index contributed by atoms with van der Waals surface area (Å²) in [6.45, 7) is 2.77. The van der Waals surface area contributed by atoms with Gasteiger partial charge in [0.25, 0.3) is 6.43 Å². The molecule has 1 aromatic heterocycles. The third-order valence-corrected chi connectivity index (χ3v) is 5.23. The van der Waals surface area contributed by atoms with Gasteiger partial charge in [-0.1, -0.05) is 30.3 Å². The van der Waals surface area contributed by atoms with E-state index in [9.17, 15) is 18.7 Å². The molecule has 0 bridgehead atoms. The maximum atomic E-state index is 12.7. The van der Waals surface area contributed by atoms with Gasteiger partial charge in [-0.3, -0.25) is 9.48 Å². The highest BCUT2D eigenvalue weighted by Crippen LogP contribution is 2.24. The van der Waals surface area contributed by atoms with Crippen LogP contribution in [0.25, 0.3) is 0 Å². The van der Waals surface area contributed by atoms with E-state index in [4.69, 9.17) is 0 Å². The van der Waals surface area contributed by atoms with E-state index in [0.717, 1.165) is 18.4 Å². The number of rotatable bonds is 6. The summed E-state index contributed by atoms with van der Waals surface area (Å²) in [4.78, 5) is 14.2. The Labute approximate surface area is 157 Å². The number of hydrogen-bond acceptors (Lipinski definition) is 3. The Morgan fingerprint density at radius 3 is 2.52 bits per heavy atom. The molecule has 1 amide bonds. The van der Waals surface area contributed by atoms with Crippen molar-refractivity contribution in [3.8, 4) is 0 Å². The molecule has 5 nitrogen and oxygen atoms in total. The summed E-state index contributed by atoms with van der Waals surface area (Å²) in [6, 6.07) is 11.2. The largest absolute Gasteiger partial charge is 0.392 e. The Bertz CT molecular complexity index is 756. The number of carbonyl (C=O) groups excluding carboxylic acids is 1. The first-order chi connectivity index (χ1) is 12.9. The van der Waals surface area contributed by atoms with Gasteiger partial charge in [0.2, 0.25) is 5.91 Å². The number of amides is 1. The Morgan fingerprint density at radius 2 is 1.93 bits per heavy atom. The summed E-state index contributed by atoms with van der Waals surface area (Å²) >= 11 is 0. The number of aromatic nitrogens is 2. The third-order valence-electron chi connectivity index (χ3n) is 5.23. The second-order valence-electron chi connectivity index (χ2n) is 7.14. The monoisotopic (exact) mass is 377 g/mol. The number of aryl methyl sites for hydroxylation is 1. The number of aliphatic hydroxyl groups excluding tert-OH is 1. The number of likely N-dealkylation sites (tertiary alicyclic amines) is 1. The van der Waals surface area contributed by atoms with Crippen LogP contribution in [0, 0.1) is 12.8 Å². The number of benzene rings is 1. The van der Waals surface area contributed by atoms with Crippen molar-refractivity contribution in [1.29, 1.82) is 0 Å². The van der Waals surface area contributed by atoms with Gasteiger partial charge < -0.3 is 10.0 Å². The smallest absolute Gasteiger partial charge is 0.282 e. The molecule has 3 rings (SSSR count). The SMILES string of the molecule is Cc1cc(C(F)F)nn1CC(=O)N1CCC([C@H](O)Cc2ccccc2)CC1. The lowest BCUT2D eigenvalue weighted by Gasteiger charge is -2.34. The zero-order valence-corrected chi connectivity index (χ0v) is 15.4. The fraction of sp³-hybridized carbons (Fsp3) is 0.500. The second-order valence-corrected chi connectivity index (χ2v) is 7.14. The first-order valence-electron chi connectivity index (χ1n) is 9.26. The van der Waals surface area contributed by atoms with Gasteiger partial charge >= 0.3 is 0 Å². The van der Waals surface area contributed by atoms with Crippen LogP contribution >= 0.6 is 0 Å². The quantitative estimate of drug-likeness (QED) is 0.842. The highest BCUT2D eigenvalue weighted by atomic mass is 19.3. The van der Waals surface area contributed by atoms with E-state index in [1.54, 1.807) is 11.8 Å². The maximum Gasteiger partial charge on any atom is 0.282 e. The minimum absolute atomic E-state index is 0.0320. The Kier molecular flexibility index (Phi) is 6.21. The summed E-state index contributed by atoms with van der Waals surface area (Å²) in [5.41, 5.74) is 1.35. The lowest BCUT2D eigenvalue weighted by atomic mass is 9.88. The van der Waals surface area contributed by atoms with Gasteiger partial charge in [-0.25, -0.2) is 8.78 Å². The van der Waals surface area contributed by atoms with Gasteiger partial charge in [0.15, 0.2) is 0 Å². The van der Waals surface area contributed by atoms with Crippen LogP contribution < -0.4 is 0 Å². The Hall–Kier alpha value is -2.28. The minimum atomic E-state index is -2.64. The van der Waals surface area contributed by atoms with Crippen LogP contribution in [0.1, 0.15) is 36.2 Å². The number of aliphatic hydroxyl groups is 1. The molecule has 1 aliphatic heterocycles. The van der Waals surface area contributed by atoms with E-state index >= 15 is 0 Å². The summed E-state index contributed by atoms with van der Waals surface area (Å²) in [7, 11) is 0. The van der Waals surface area contributed by atoms with E-state index < -0.39 is 12.5 Å². The molecule has 1 saturated heterocycles. The number of hydrogen-bond donors (Lipinski definition) is 1. The number of alkyl halides is 2. The molecule has 2 heterocycles. The van der Waals surface area contributed by atoms with Gasteiger partial charge in [0.1, 0.15) is 12.2 Å². The molecule has 2 aromatic rings. The Balaban J connectivity index is 1.50. The topological polar surface area (TPSA) is 58.4 Å². The van der Waals surface area contributed by atoms with Crippen LogP contribution in [0.2, 0.25) is 0 Å². The van der Waals surface area contributed by atoms with Crippen molar-refractivity contribution in [2.75, 3.05) is 13.1 Å². The van der Waals surface area contributed by atoms with Gasteiger partial charge in [-0.15, -0.1) is 0 Å². The highest BCUT2D eigenvalue weighted by Gasteiger charge is 2.28. The van der Waals surface area contributed by atoms with Crippen molar-refractivity contribution in [1.82, 2.24) is 14.7 Å². The molecule has 27 heavy (non-hydrogen) atoms. The molecule has 1 atom stereocenters. The van der Waals surface area contributed by atoms with Crippen molar-refractivity contribution in [2.45, 2.75) is 45.3 Å². The van der Waals surface area contributed by atoms with Crippen molar-refractivity contribution in [3.63, 3.8) is 0 Å². The molecular formula is C20H25F2N3O2. The lowest BCUT2D eigenvalue weighted by Crippen LogP contribution is -2.43. The van der Waals surface area contributed by atoms with Crippen LogP contribution in [0.5, 0.6) is 0 Å². The van der Waals surface area contributed by atoms with Crippen LogP contribution in [0.4, 0.5) is 8.78 Å². The fourth-order valence-corrected chi connectivity index (χ4v) is 3.59. The third kappa shape index (κ3) is 4.91. The zero-order valence-electron chi connectivity index (χ0n) is 15.4. The van der Waals surface area contributed by atoms with Crippen LogP contribution in [-0.4, -0.2) is 44.9 Å². The molecule has 0 radical (unpaired) electrons. The minimum Gasteiger partial charge on any atom is -0.392 e. The molecule has 1 fully saturated rings. The number of nitrogens with zero attached hydrogens (tertiary/aromatic N) is 3. The van der Waals surface area contributed by atoms with E-state index in [1.165, 1.54) is 10.7 Å². The lowest BCUT2D eigenvalue weighted by molar-refractivity contribution is -0.134. The standard InChI is InChI=1S/C20H25F2N3O2/c1-14-11-17(20(21)22)23-25(14)13-19(27)24-9-7-16(8-10-24)18(26)12-15-5-3-2-4-6-15/h2-6,11,16,18,20,26H,7-10,12-13H2,1H3/t18-/m1/s1. The molecule has 146 valence electrons. The molecule has 7 heteroatoms. The second kappa shape index (κ2) is 8.61. The predicted molar refractivity (Wildman–Crippen MR) is 97.4 cm³/mol. The highest BCUT2D eigenvalue weighted by molar-refractivity contribution is 5.76. The summed E-state index contributed by atoms with van der Waals surface area (Å²) < 4.78 is 26.8. The van der Waals surface area contributed by atoms with Crippen LogP contribution in [-0.2, 0) is 17.8 Å². The van der Waals surface area contributed by atoms with E-state index in [2.05, 4.69) is 5.10 Å². The van der Waals surface area contributed by atoms with Crippen LogP contribution in [0.15, 0.2) is 36.4 Å². The summed E-state index contributed by atoms with van der Waals surface area (Å²) in [5, 5.41) is 14.3. The maximum absolute atomic E-state index is 12.7. The van der Waals surface area contributed by atoms with Crippen molar-refractivity contribution in [3.05, 3.63) is 53.3 Å². The molecule has 1 N–H and O–H groups in total. The van der Waals surface area contributed by atoms with Gasteiger partial charge in [0.05, 0.1) is 6.10 Å².